The standard InChI is InChI=1S/C26H30N4O3S/c1-5-30-24-14-13-20(34(32,33)29(3)4)17-23(24)28-25(30)15-16-26(31)27-18(2)21-12-8-10-19-9-6-7-11-22(19)21/h6-14,17-18H,5,15-16H2,1-4H3,(H,27,31). The fourth-order valence-corrected chi connectivity index (χ4v) is 5.24. The van der Waals surface area contributed by atoms with E-state index in [1.807, 2.05) is 42.7 Å². The summed E-state index contributed by atoms with van der Waals surface area (Å²) in [6.45, 7) is 4.69. The van der Waals surface area contributed by atoms with Crippen LogP contribution in [0.2, 0.25) is 0 Å². The van der Waals surface area contributed by atoms with Crippen molar-refractivity contribution in [2.24, 2.45) is 0 Å². The van der Waals surface area contributed by atoms with Crippen LogP contribution in [0.15, 0.2) is 65.6 Å². The second kappa shape index (κ2) is 9.56. The lowest BCUT2D eigenvalue weighted by Crippen LogP contribution is -2.27. The number of rotatable bonds is 8. The first-order valence-corrected chi connectivity index (χ1v) is 12.8. The first kappa shape index (κ1) is 23.9. The summed E-state index contributed by atoms with van der Waals surface area (Å²) in [7, 11) is -0.525. The van der Waals surface area contributed by atoms with Crippen molar-refractivity contribution in [1.29, 1.82) is 0 Å². The van der Waals surface area contributed by atoms with Crippen LogP contribution in [0, 0.1) is 0 Å². The first-order chi connectivity index (χ1) is 16.2. The van der Waals surface area contributed by atoms with Gasteiger partial charge in [-0.2, -0.15) is 0 Å². The average Bonchev–Trinajstić information content (AvgIpc) is 3.18. The number of hydrogen-bond acceptors (Lipinski definition) is 4. The number of sulfonamides is 1. The molecule has 1 amide bonds. The molecule has 1 N–H and O–H groups in total. The minimum atomic E-state index is -3.54. The Morgan fingerprint density at radius 2 is 1.82 bits per heavy atom. The van der Waals surface area contributed by atoms with Crippen LogP contribution >= 0.6 is 0 Å². The van der Waals surface area contributed by atoms with Crippen molar-refractivity contribution in [2.45, 2.75) is 44.2 Å². The van der Waals surface area contributed by atoms with Crippen molar-refractivity contribution in [3.63, 3.8) is 0 Å². The number of nitrogens with zero attached hydrogens (tertiary/aromatic N) is 3. The van der Waals surface area contributed by atoms with E-state index >= 15 is 0 Å². The molecular weight excluding hydrogens is 448 g/mol. The van der Waals surface area contributed by atoms with E-state index in [1.165, 1.54) is 18.4 Å². The van der Waals surface area contributed by atoms with Gasteiger partial charge < -0.3 is 9.88 Å². The zero-order valence-electron chi connectivity index (χ0n) is 19.9. The molecule has 0 aliphatic carbocycles. The van der Waals surface area contributed by atoms with Crippen molar-refractivity contribution in [3.8, 4) is 0 Å². The molecule has 0 radical (unpaired) electrons. The van der Waals surface area contributed by atoms with Gasteiger partial charge in [-0.1, -0.05) is 42.5 Å². The first-order valence-electron chi connectivity index (χ1n) is 11.4. The summed E-state index contributed by atoms with van der Waals surface area (Å²) >= 11 is 0. The second-order valence-corrected chi connectivity index (χ2v) is 10.7. The van der Waals surface area contributed by atoms with E-state index in [1.54, 1.807) is 18.2 Å². The van der Waals surface area contributed by atoms with Gasteiger partial charge in [0.15, 0.2) is 0 Å². The van der Waals surface area contributed by atoms with Gasteiger partial charge in [-0.3, -0.25) is 4.79 Å². The smallest absolute Gasteiger partial charge is 0.242 e. The number of carbonyl (C=O) groups excluding carboxylic acids is 1. The quantitative estimate of drug-likeness (QED) is 0.410. The van der Waals surface area contributed by atoms with E-state index in [-0.39, 0.29) is 16.8 Å². The van der Waals surface area contributed by atoms with Gasteiger partial charge in [0, 0.05) is 33.5 Å². The molecule has 4 aromatic rings. The van der Waals surface area contributed by atoms with Crippen LogP contribution in [0.3, 0.4) is 0 Å². The third kappa shape index (κ3) is 4.56. The number of hydrogen-bond donors (Lipinski definition) is 1. The van der Waals surface area contributed by atoms with Crippen molar-refractivity contribution >= 4 is 37.7 Å². The number of amides is 1. The third-order valence-corrected chi connectivity index (χ3v) is 7.95. The molecule has 1 unspecified atom stereocenters. The van der Waals surface area contributed by atoms with Gasteiger partial charge in [0.05, 0.1) is 22.0 Å². The van der Waals surface area contributed by atoms with Gasteiger partial charge in [0.25, 0.3) is 0 Å². The largest absolute Gasteiger partial charge is 0.350 e. The Kier molecular flexibility index (Phi) is 6.72. The van der Waals surface area contributed by atoms with Gasteiger partial charge in [-0.05, 0) is 48.4 Å². The maximum absolute atomic E-state index is 12.8. The Balaban J connectivity index is 1.50. The van der Waals surface area contributed by atoms with E-state index < -0.39 is 10.0 Å². The van der Waals surface area contributed by atoms with Gasteiger partial charge >= 0.3 is 0 Å². The van der Waals surface area contributed by atoms with Crippen LogP contribution in [0.4, 0.5) is 0 Å². The molecule has 1 aromatic heterocycles. The summed E-state index contributed by atoms with van der Waals surface area (Å²) in [6, 6.07) is 19.1. The number of carbonyl (C=O) groups is 1. The topological polar surface area (TPSA) is 84.3 Å². The maximum atomic E-state index is 12.8. The van der Waals surface area contributed by atoms with Crippen molar-refractivity contribution in [1.82, 2.24) is 19.2 Å². The molecule has 3 aromatic carbocycles. The fourth-order valence-electron chi connectivity index (χ4n) is 4.32. The lowest BCUT2D eigenvalue weighted by atomic mass is 9.99. The van der Waals surface area contributed by atoms with Gasteiger partial charge in [-0.15, -0.1) is 0 Å². The Labute approximate surface area is 200 Å². The molecule has 0 aliphatic rings. The fraction of sp³-hybridized carbons (Fsp3) is 0.308. The van der Waals surface area contributed by atoms with Crippen LogP contribution in [0.5, 0.6) is 0 Å². The summed E-state index contributed by atoms with van der Waals surface area (Å²) in [6.07, 6.45) is 0.758. The Hall–Kier alpha value is -3.23. The lowest BCUT2D eigenvalue weighted by Gasteiger charge is -2.17. The van der Waals surface area contributed by atoms with E-state index in [4.69, 9.17) is 0 Å². The Morgan fingerprint density at radius 3 is 2.56 bits per heavy atom. The number of benzene rings is 3. The van der Waals surface area contributed by atoms with Crippen LogP contribution in [0.1, 0.15) is 37.7 Å². The van der Waals surface area contributed by atoms with Crippen molar-refractivity contribution in [2.75, 3.05) is 14.1 Å². The molecule has 0 fully saturated rings. The van der Waals surface area contributed by atoms with Crippen LogP contribution in [-0.2, 0) is 27.8 Å². The predicted molar refractivity (Wildman–Crippen MR) is 135 cm³/mol. The van der Waals surface area contributed by atoms with Gasteiger partial charge in [0.2, 0.25) is 15.9 Å². The predicted octanol–water partition coefficient (Wildman–Crippen LogP) is 4.27. The highest BCUT2D eigenvalue weighted by Crippen LogP contribution is 2.25. The number of fused-ring (bicyclic) bond motifs is 2. The molecule has 0 aliphatic heterocycles. The molecule has 0 bridgehead atoms. The highest BCUT2D eigenvalue weighted by atomic mass is 32.2. The van der Waals surface area contributed by atoms with Crippen molar-refractivity contribution < 1.29 is 13.2 Å². The molecule has 0 saturated carbocycles. The SMILES string of the molecule is CCn1c(CCC(=O)NC(C)c2cccc3ccccc23)nc2cc(S(=O)(=O)N(C)C)ccc21. The molecule has 34 heavy (non-hydrogen) atoms. The van der Waals surface area contributed by atoms with E-state index in [0.29, 0.717) is 24.9 Å². The van der Waals surface area contributed by atoms with E-state index in [2.05, 4.69) is 28.5 Å². The zero-order chi connectivity index (χ0) is 24.5. The summed E-state index contributed by atoms with van der Waals surface area (Å²) in [5.41, 5.74) is 2.56. The molecular formula is C26H30N4O3S. The minimum Gasteiger partial charge on any atom is -0.350 e. The number of imidazole rings is 1. The third-order valence-electron chi connectivity index (χ3n) is 6.14. The normalized spacial score (nSPS) is 13.0. The highest BCUT2D eigenvalue weighted by molar-refractivity contribution is 7.89. The minimum absolute atomic E-state index is 0.0500. The van der Waals surface area contributed by atoms with Crippen molar-refractivity contribution in [3.05, 3.63) is 72.1 Å². The van der Waals surface area contributed by atoms with Crippen LogP contribution in [0.25, 0.3) is 21.8 Å². The molecule has 8 heteroatoms. The van der Waals surface area contributed by atoms with Gasteiger partial charge in [0.1, 0.15) is 5.82 Å². The van der Waals surface area contributed by atoms with Gasteiger partial charge in [-0.25, -0.2) is 17.7 Å². The van der Waals surface area contributed by atoms with Crippen LogP contribution < -0.4 is 5.32 Å². The second-order valence-electron chi connectivity index (χ2n) is 8.57. The maximum Gasteiger partial charge on any atom is 0.242 e. The summed E-state index contributed by atoms with van der Waals surface area (Å²) in [4.78, 5) is 17.7. The average molecular weight is 479 g/mol. The molecule has 0 saturated heterocycles. The Morgan fingerprint density at radius 1 is 1.09 bits per heavy atom. The molecule has 1 atom stereocenters. The summed E-state index contributed by atoms with van der Waals surface area (Å²) in [5.74, 6) is 0.718. The molecule has 178 valence electrons. The highest BCUT2D eigenvalue weighted by Gasteiger charge is 2.20. The van der Waals surface area contributed by atoms with E-state index in [0.717, 1.165) is 27.7 Å². The lowest BCUT2D eigenvalue weighted by molar-refractivity contribution is -0.121. The van der Waals surface area contributed by atoms with Crippen LogP contribution in [-0.4, -0.2) is 42.3 Å². The number of aryl methyl sites for hydroxylation is 2. The zero-order valence-corrected chi connectivity index (χ0v) is 20.8. The number of nitrogens with one attached hydrogen (secondary N) is 1. The monoisotopic (exact) mass is 478 g/mol. The molecule has 0 spiro atoms. The Bertz CT molecular complexity index is 1450. The number of aromatic nitrogens is 2. The molecule has 1 heterocycles. The van der Waals surface area contributed by atoms with E-state index in [9.17, 15) is 13.2 Å². The molecule has 4 rings (SSSR count). The molecule has 7 nitrogen and oxygen atoms in total. The summed E-state index contributed by atoms with van der Waals surface area (Å²) < 4.78 is 28.2. The summed E-state index contributed by atoms with van der Waals surface area (Å²) in [5, 5.41) is 5.39.